The van der Waals surface area contributed by atoms with Crippen molar-refractivity contribution in [2.75, 3.05) is 6.54 Å². The minimum absolute atomic E-state index is 0.211. The van der Waals surface area contributed by atoms with Crippen LogP contribution in [0.1, 0.15) is 40.5 Å². The third kappa shape index (κ3) is 4.20. The second-order valence-corrected chi connectivity index (χ2v) is 8.86. The lowest BCUT2D eigenvalue weighted by Crippen LogP contribution is -2.52. The van der Waals surface area contributed by atoms with Crippen LogP contribution >= 0.6 is 23.2 Å². The number of hydrogen-bond acceptors (Lipinski definition) is 4. The Morgan fingerprint density at radius 3 is 2.03 bits per heavy atom. The summed E-state index contributed by atoms with van der Waals surface area (Å²) in [5, 5.41) is 2.73. The highest BCUT2D eigenvalue weighted by molar-refractivity contribution is 6.31. The van der Waals surface area contributed by atoms with Crippen LogP contribution in [0.2, 0.25) is 10.0 Å². The highest BCUT2D eigenvalue weighted by atomic mass is 35.5. The summed E-state index contributed by atoms with van der Waals surface area (Å²) in [7, 11) is 0. The molecule has 2 aromatic rings. The average molecular weight is 471 g/mol. The molecule has 2 atom stereocenters. The smallest absolute Gasteiger partial charge is 0.273 e. The number of imide groups is 1. The molecule has 1 aliphatic heterocycles. The van der Waals surface area contributed by atoms with Crippen molar-refractivity contribution in [2.24, 2.45) is 11.8 Å². The SMILES string of the molecule is CC1=CC[C@@H]2C(=O)N(N(CC(=O)c3ccc(Cl)cc3)C(=O)c3ccc(Cl)cc3)C(=O)[C@H]2C1. The second kappa shape index (κ2) is 8.88. The first-order valence-corrected chi connectivity index (χ1v) is 10.9. The molecule has 4 rings (SSSR count). The molecule has 32 heavy (non-hydrogen) atoms. The zero-order valence-corrected chi connectivity index (χ0v) is 18.8. The van der Waals surface area contributed by atoms with Crippen molar-refractivity contribution in [3.05, 3.63) is 81.4 Å². The van der Waals surface area contributed by atoms with Gasteiger partial charge in [0.05, 0.1) is 11.8 Å². The number of hydrazine groups is 1. The number of carbonyl (C=O) groups is 4. The van der Waals surface area contributed by atoms with Gasteiger partial charge < -0.3 is 0 Å². The summed E-state index contributed by atoms with van der Waals surface area (Å²) in [6.07, 6.45) is 2.84. The minimum Gasteiger partial charge on any atom is -0.292 e. The van der Waals surface area contributed by atoms with Crippen LogP contribution in [-0.2, 0) is 9.59 Å². The number of hydrogen-bond donors (Lipinski definition) is 0. The van der Waals surface area contributed by atoms with Crippen molar-refractivity contribution >= 4 is 46.7 Å². The Kier molecular flexibility index (Phi) is 6.17. The zero-order chi connectivity index (χ0) is 23.0. The van der Waals surface area contributed by atoms with E-state index in [9.17, 15) is 19.2 Å². The summed E-state index contributed by atoms with van der Waals surface area (Å²) >= 11 is 11.8. The summed E-state index contributed by atoms with van der Waals surface area (Å²) in [5.41, 5.74) is 1.56. The molecule has 2 aromatic carbocycles. The molecule has 8 heteroatoms. The maximum atomic E-state index is 13.4. The van der Waals surface area contributed by atoms with Gasteiger partial charge in [0.2, 0.25) is 0 Å². The van der Waals surface area contributed by atoms with E-state index in [-0.39, 0.29) is 5.56 Å². The Morgan fingerprint density at radius 1 is 0.906 bits per heavy atom. The summed E-state index contributed by atoms with van der Waals surface area (Å²) in [5.74, 6) is -3.03. The number of nitrogens with zero attached hydrogens (tertiary/aromatic N) is 2. The molecule has 0 unspecified atom stereocenters. The second-order valence-electron chi connectivity index (χ2n) is 7.99. The normalized spacial score (nSPS) is 20.1. The predicted octanol–water partition coefficient (Wildman–Crippen LogP) is 4.57. The molecule has 3 amide bonds. The number of halogens is 2. The Morgan fingerprint density at radius 2 is 1.44 bits per heavy atom. The van der Waals surface area contributed by atoms with Gasteiger partial charge >= 0.3 is 0 Å². The molecule has 1 fully saturated rings. The molecule has 0 aromatic heterocycles. The molecular weight excluding hydrogens is 451 g/mol. The molecule has 0 radical (unpaired) electrons. The van der Waals surface area contributed by atoms with Gasteiger partial charge in [-0.15, -0.1) is 0 Å². The van der Waals surface area contributed by atoms with Crippen LogP contribution in [-0.4, -0.2) is 40.1 Å². The Labute approximate surface area is 195 Å². The molecule has 1 heterocycles. The maximum absolute atomic E-state index is 13.4. The van der Waals surface area contributed by atoms with Crippen LogP contribution < -0.4 is 0 Å². The quantitative estimate of drug-likeness (QED) is 0.364. The van der Waals surface area contributed by atoms with Gasteiger partial charge in [-0.05, 0) is 68.3 Å². The third-order valence-electron chi connectivity index (χ3n) is 5.83. The van der Waals surface area contributed by atoms with Crippen molar-refractivity contribution in [1.29, 1.82) is 0 Å². The van der Waals surface area contributed by atoms with Crippen molar-refractivity contribution in [3.8, 4) is 0 Å². The van der Waals surface area contributed by atoms with Gasteiger partial charge in [0, 0.05) is 21.2 Å². The van der Waals surface area contributed by atoms with Gasteiger partial charge in [0.25, 0.3) is 17.7 Å². The van der Waals surface area contributed by atoms with Crippen LogP contribution in [0.25, 0.3) is 0 Å². The molecule has 0 N–H and O–H groups in total. The van der Waals surface area contributed by atoms with Gasteiger partial charge in [0.1, 0.15) is 6.54 Å². The molecule has 0 saturated carbocycles. The van der Waals surface area contributed by atoms with Gasteiger partial charge in [-0.2, -0.15) is 5.01 Å². The number of fused-ring (bicyclic) bond motifs is 1. The van der Waals surface area contributed by atoms with E-state index < -0.39 is 41.9 Å². The first-order chi connectivity index (χ1) is 15.3. The van der Waals surface area contributed by atoms with E-state index in [1.165, 1.54) is 36.4 Å². The minimum atomic E-state index is -0.631. The van der Waals surface area contributed by atoms with E-state index in [1.54, 1.807) is 12.1 Å². The predicted molar refractivity (Wildman–Crippen MR) is 120 cm³/mol. The van der Waals surface area contributed by atoms with Gasteiger partial charge in [-0.3, -0.25) is 19.2 Å². The van der Waals surface area contributed by atoms with Crippen LogP contribution in [0.5, 0.6) is 0 Å². The zero-order valence-electron chi connectivity index (χ0n) is 17.3. The first kappa shape index (κ1) is 22.2. The lowest BCUT2D eigenvalue weighted by Gasteiger charge is -2.30. The van der Waals surface area contributed by atoms with Crippen molar-refractivity contribution in [2.45, 2.75) is 19.8 Å². The monoisotopic (exact) mass is 470 g/mol. The van der Waals surface area contributed by atoms with Gasteiger partial charge in [0.15, 0.2) is 5.78 Å². The number of Topliss-reactive ketones (excluding diaryl/α,β-unsaturated/α-hetero) is 1. The van der Waals surface area contributed by atoms with E-state index in [0.717, 1.165) is 15.6 Å². The number of amides is 3. The van der Waals surface area contributed by atoms with Crippen molar-refractivity contribution in [3.63, 3.8) is 0 Å². The molecule has 2 aliphatic rings. The lowest BCUT2D eigenvalue weighted by atomic mass is 9.82. The Hall–Kier alpha value is -2.96. The van der Waals surface area contributed by atoms with Gasteiger partial charge in [-0.1, -0.05) is 34.9 Å². The van der Waals surface area contributed by atoms with E-state index >= 15 is 0 Å². The van der Waals surface area contributed by atoms with Crippen LogP contribution in [0.3, 0.4) is 0 Å². The Balaban J connectivity index is 1.68. The standard InChI is InChI=1S/C24H20Cl2N2O4/c1-14-2-11-19-20(12-14)24(32)28(23(19)31)27(22(30)16-5-9-18(26)10-6-16)13-21(29)15-3-7-17(25)8-4-15/h2-10,19-20H,11-13H2,1H3/t19-,20-/m0/s1. The Bertz CT molecular complexity index is 1130. The fraction of sp³-hybridized carbons (Fsp3) is 0.250. The highest BCUT2D eigenvalue weighted by Gasteiger charge is 2.51. The largest absolute Gasteiger partial charge is 0.292 e. The summed E-state index contributed by atoms with van der Waals surface area (Å²) in [6.45, 7) is 1.45. The molecule has 6 nitrogen and oxygen atoms in total. The van der Waals surface area contributed by atoms with E-state index in [1.807, 2.05) is 13.0 Å². The fourth-order valence-electron chi connectivity index (χ4n) is 4.10. The summed E-state index contributed by atoms with van der Waals surface area (Å²) in [6, 6.07) is 12.3. The van der Waals surface area contributed by atoms with Crippen LogP contribution in [0.15, 0.2) is 60.2 Å². The number of benzene rings is 2. The topological polar surface area (TPSA) is 74.8 Å². The van der Waals surface area contributed by atoms with Crippen molar-refractivity contribution < 1.29 is 19.2 Å². The number of ketones is 1. The number of rotatable bonds is 5. The fourth-order valence-corrected chi connectivity index (χ4v) is 4.35. The highest BCUT2D eigenvalue weighted by Crippen LogP contribution is 2.38. The molecule has 1 saturated heterocycles. The molecular formula is C24H20Cl2N2O4. The van der Waals surface area contributed by atoms with Crippen molar-refractivity contribution in [1.82, 2.24) is 10.0 Å². The van der Waals surface area contributed by atoms with Gasteiger partial charge in [-0.25, -0.2) is 5.01 Å². The summed E-state index contributed by atoms with van der Waals surface area (Å²) in [4.78, 5) is 52.8. The van der Waals surface area contributed by atoms with E-state index in [0.29, 0.717) is 28.5 Å². The molecule has 0 bridgehead atoms. The lowest BCUT2D eigenvalue weighted by molar-refractivity contribution is -0.154. The molecule has 0 spiro atoms. The van der Waals surface area contributed by atoms with Crippen LogP contribution in [0, 0.1) is 11.8 Å². The molecule has 164 valence electrons. The third-order valence-corrected chi connectivity index (χ3v) is 6.33. The van der Waals surface area contributed by atoms with E-state index in [2.05, 4.69) is 0 Å². The summed E-state index contributed by atoms with van der Waals surface area (Å²) < 4.78 is 0. The molecule has 1 aliphatic carbocycles. The number of allylic oxidation sites excluding steroid dienone is 2. The number of carbonyl (C=O) groups excluding carboxylic acids is 4. The average Bonchev–Trinajstić information content (AvgIpc) is 3.02. The van der Waals surface area contributed by atoms with Crippen LogP contribution in [0.4, 0.5) is 0 Å². The van der Waals surface area contributed by atoms with E-state index in [4.69, 9.17) is 23.2 Å². The maximum Gasteiger partial charge on any atom is 0.273 e. The first-order valence-electron chi connectivity index (χ1n) is 10.2.